The van der Waals surface area contributed by atoms with Gasteiger partial charge in [0.15, 0.2) is 0 Å². The molecule has 1 fully saturated rings. The maximum atomic E-state index is 11.0. The predicted octanol–water partition coefficient (Wildman–Crippen LogP) is 2.57. The third-order valence-electron chi connectivity index (χ3n) is 2.70. The summed E-state index contributed by atoms with van der Waals surface area (Å²) in [5, 5.41) is 0. The maximum absolute atomic E-state index is 11.0. The van der Waals surface area contributed by atoms with Gasteiger partial charge in [0, 0.05) is 5.92 Å². The van der Waals surface area contributed by atoms with E-state index in [0.29, 0.717) is 17.6 Å². The average molecular weight is 152 g/mol. The summed E-state index contributed by atoms with van der Waals surface area (Å²) >= 11 is 0. The summed E-state index contributed by atoms with van der Waals surface area (Å²) in [4.78, 5) is 11.0. The SMILES string of the molecule is C=C(C)C1CCC(C(C)=O)C1. The monoisotopic (exact) mass is 152 g/mol. The van der Waals surface area contributed by atoms with Crippen molar-refractivity contribution in [2.75, 3.05) is 0 Å². The molecule has 1 aliphatic rings. The molecule has 0 spiro atoms. The highest BCUT2D eigenvalue weighted by molar-refractivity contribution is 5.78. The first kappa shape index (κ1) is 8.51. The molecule has 0 aromatic rings. The largest absolute Gasteiger partial charge is 0.300 e. The number of carbonyl (C=O) groups excluding carboxylic acids is 1. The number of carbonyl (C=O) groups is 1. The van der Waals surface area contributed by atoms with Crippen molar-refractivity contribution in [1.82, 2.24) is 0 Å². The molecule has 0 amide bonds. The highest BCUT2D eigenvalue weighted by Crippen LogP contribution is 2.35. The fourth-order valence-electron chi connectivity index (χ4n) is 1.80. The average Bonchev–Trinajstić information content (AvgIpc) is 2.33. The van der Waals surface area contributed by atoms with Crippen molar-refractivity contribution in [3.63, 3.8) is 0 Å². The first-order valence-corrected chi connectivity index (χ1v) is 4.27. The third kappa shape index (κ3) is 1.92. The van der Waals surface area contributed by atoms with Gasteiger partial charge in [0.05, 0.1) is 0 Å². The fraction of sp³-hybridized carbons (Fsp3) is 0.700. The lowest BCUT2D eigenvalue weighted by molar-refractivity contribution is -0.120. The van der Waals surface area contributed by atoms with Gasteiger partial charge in [0.2, 0.25) is 0 Å². The highest BCUT2D eigenvalue weighted by Gasteiger charge is 2.27. The number of rotatable bonds is 2. The van der Waals surface area contributed by atoms with Crippen molar-refractivity contribution in [1.29, 1.82) is 0 Å². The number of hydrogen-bond acceptors (Lipinski definition) is 1. The second-order valence-electron chi connectivity index (χ2n) is 3.66. The Labute approximate surface area is 68.5 Å². The van der Waals surface area contributed by atoms with Crippen LogP contribution < -0.4 is 0 Å². The second kappa shape index (κ2) is 3.21. The number of Topliss-reactive ketones (excluding diaryl/α,β-unsaturated/α-hetero) is 1. The summed E-state index contributed by atoms with van der Waals surface area (Å²) in [5.74, 6) is 1.30. The first-order chi connectivity index (χ1) is 5.11. The topological polar surface area (TPSA) is 17.1 Å². The molecular weight excluding hydrogens is 136 g/mol. The van der Waals surface area contributed by atoms with Gasteiger partial charge >= 0.3 is 0 Å². The van der Waals surface area contributed by atoms with Crippen LogP contribution in [-0.4, -0.2) is 5.78 Å². The molecule has 0 radical (unpaired) electrons. The third-order valence-corrected chi connectivity index (χ3v) is 2.70. The van der Waals surface area contributed by atoms with Crippen molar-refractivity contribution in [3.05, 3.63) is 12.2 Å². The van der Waals surface area contributed by atoms with Crippen LogP contribution in [0.3, 0.4) is 0 Å². The molecule has 0 N–H and O–H groups in total. The Morgan fingerprint density at radius 2 is 1.82 bits per heavy atom. The van der Waals surface area contributed by atoms with Gasteiger partial charge in [0.1, 0.15) is 5.78 Å². The Hall–Kier alpha value is -0.590. The van der Waals surface area contributed by atoms with E-state index in [1.165, 1.54) is 12.0 Å². The minimum atomic E-state index is 0.330. The molecule has 0 saturated heterocycles. The first-order valence-electron chi connectivity index (χ1n) is 4.27. The highest BCUT2D eigenvalue weighted by atomic mass is 16.1. The van der Waals surface area contributed by atoms with Crippen LogP contribution in [0.2, 0.25) is 0 Å². The lowest BCUT2D eigenvalue weighted by Crippen LogP contribution is -2.06. The van der Waals surface area contributed by atoms with E-state index in [1.807, 2.05) is 0 Å². The van der Waals surface area contributed by atoms with Crippen molar-refractivity contribution in [3.8, 4) is 0 Å². The standard InChI is InChI=1S/C10H16O/c1-7(2)9-4-5-10(6-9)8(3)11/h9-10H,1,4-6H2,2-3H3. The zero-order chi connectivity index (χ0) is 8.43. The molecule has 0 heterocycles. The van der Waals surface area contributed by atoms with Gasteiger partial charge < -0.3 is 0 Å². The van der Waals surface area contributed by atoms with Gasteiger partial charge in [-0.1, -0.05) is 12.2 Å². The zero-order valence-corrected chi connectivity index (χ0v) is 7.39. The van der Waals surface area contributed by atoms with E-state index in [2.05, 4.69) is 13.5 Å². The molecule has 2 unspecified atom stereocenters. The van der Waals surface area contributed by atoms with Gasteiger partial charge in [-0.25, -0.2) is 0 Å². The van der Waals surface area contributed by atoms with E-state index < -0.39 is 0 Å². The summed E-state index contributed by atoms with van der Waals surface area (Å²) in [7, 11) is 0. The minimum absolute atomic E-state index is 0.330. The Morgan fingerprint density at radius 3 is 2.09 bits per heavy atom. The summed E-state index contributed by atoms with van der Waals surface area (Å²) in [6.07, 6.45) is 3.29. The Kier molecular flexibility index (Phi) is 2.48. The van der Waals surface area contributed by atoms with Crippen LogP contribution in [0.1, 0.15) is 33.1 Å². The van der Waals surface area contributed by atoms with Crippen LogP contribution in [0.4, 0.5) is 0 Å². The van der Waals surface area contributed by atoms with Crippen LogP contribution in [0.15, 0.2) is 12.2 Å². The predicted molar refractivity (Wildman–Crippen MR) is 46.3 cm³/mol. The van der Waals surface area contributed by atoms with Crippen LogP contribution in [0.25, 0.3) is 0 Å². The van der Waals surface area contributed by atoms with E-state index in [1.54, 1.807) is 6.92 Å². The summed E-state index contributed by atoms with van der Waals surface area (Å²) in [6, 6.07) is 0. The van der Waals surface area contributed by atoms with Crippen molar-refractivity contribution < 1.29 is 4.79 Å². The molecule has 0 bridgehead atoms. The van der Waals surface area contributed by atoms with Crippen LogP contribution in [-0.2, 0) is 4.79 Å². The molecule has 0 aliphatic heterocycles. The molecule has 1 aliphatic carbocycles. The lowest BCUT2D eigenvalue weighted by Gasteiger charge is -2.07. The lowest BCUT2D eigenvalue weighted by atomic mass is 9.97. The number of allylic oxidation sites excluding steroid dienone is 1. The quantitative estimate of drug-likeness (QED) is 0.556. The van der Waals surface area contributed by atoms with Crippen molar-refractivity contribution in [2.45, 2.75) is 33.1 Å². The molecule has 1 saturated carbocycles. The van der Waals surface area contributed by atoms with Crippen molar-refractivity contribution in [2.24, 2.45) is 11.8 Å². The van der Waals surface area contributed by atoms with Gasteiger partial charge in [-0.05, 0) is 39.0 Å². The molecule has 0 aromatic carbocycles. The van der Waals surface area contributed by atoms with E-state index in [-0.39, 0.29) is 0 Å². The molecule has 1 rings (SSSR count). The maximum Gasteiger partial charge on any atom is 0.132 e. The van der Waals surface area contributed by atoms with Gasteiger partial charge in [0.25, 0.3) is 0 Å². The molecule has 1 heteroatoms. The van der Waals surface area contributed by atoms with Crippen LogP contribution >= 0.6 is 0 Å². The smallest absolute Gasteiger partial charge is 0.132 e. The second-order valence-corrected chi connectivity index (χ2v) is 3.66. The number of hydrogen-bond donors (Lipinski definition) is 0. The Bertz CT molecular complexity index is 161. The van der Waals surface area contributed by atoms with Crippen molar-refractivity contribution >= 4 is 5.78 Å². The van der Waals surface area contributed by atoms with E-state index in [4.69, 9.17) is 0 Å². The van der Waals surface area contributed by atoms with E-state index >= 15 is 0 Å². The number of ketones is 1. The summed E-state index contributed by atoms with van der Waals surface area (Å²) < 4.78 is 0. The fourth-order valence-corrected chi connectivity index (χ4v) is 1.80. The zero-order valence-electron chi connectivity index (χ0n) is 7.39. The van der Waals surface area contributed by atoms with Gasteiger partial charge in [-0.2, -0.15) is 0 Å². The van der Waals surface area contributed by atoms with Gasteiger partial charge in [-0.3, -0.25) is 4.79 Å². The summed E-state index contributed by atoms with van der Waals surface area (Å²) in [5.41, 5.74) is 1.24. The molecule has 1 nitrogen and oxygen atoms in total. The molecule has 62 valence electrons. The normalized spacial score (nSPS) is 30.4. The molecule has 0 aromatic heterocycles. The van der Waals surface area contributed by atoms with E-state index in [9.17, 15) is 4.79 Å². The van der Waals surface area contributed by atoms with Crippen LogP contribution in [0, 0.1) is 11.8 Å². The Balaban J connectivity index is 2.47. The molecule has 11 heavy (non-hydrogen) atoms. The van der Waals surface area contributed by atoms with E-state index in [0.717, 1.165) is 12.8 Å². The molecule has 2 atom stereocenters. The molecular formula is C10H16O. The minimum Gasteiger partial charge on any atom is -0.300 e. The van der Waals surface area contributed by atoms with Gasteiger partial charge in [-0.15, -0.1) is 0 Å². The Morgan fingerprint density at radius 1 is 1.27 bits per heavy atom. The van der Waals surface area contributed by atoms with Crippen LogP contribution in [0.5, 0.6) is 0 Å². The summed E-state index contributed by atoms with van der Waals surface area (Å²) in [6.45, 7) is 7.68.